The normalized spacial score (nSPS) is 17.6. The molecule has 2 aliphatic rings. The smallest absolute Gasteiger partial charge is 0.273 e. The van der Waals surface area contributed by atoms with E-state index in [0.29, 0.717) is 18.0 Å². The molecule has 5 rings (SSSR count). The van der Waals surface area contributed by atoms with Crippen LogP contribution in [0.1, 0.15) is 71.8 Å². The molecule has 0 N–H and O–H groups in total. The van der Waals surface area contributed by atoms with Crippen LogP contribution in [0.2, 0.25) is 0 Å². The molecule has 0 radical (unpaired) electrons. The Labute approximate surface area is 221 Å². The van der Waals surface area contributed by atoms with Crippen LogP contribution in [-0.4, -0.2) is 46.2 Å². The Balaban J connectivity index is 1.39. The van der Waals surface area contributed by atoms with Gasteiger partial charge in [-0.2, -0.15) is 0 Å². The van der Waals surface area contributed by atoms with Crippen LogP contribution >= 0.6 is 11.3 Å². The van der Waals surface area contributed by atoms with E-state index in [1.807, 2.05) is 54.8 Å². The summed E-state index contributed by atoms with van der Waals surface area (Å²) >= 11 is 1.41. The van der Waals surface area contributed by atoms with E-state index >= 15 is 0 Å². The van der Waals surface area contributed by atoms with Crippen molar-refractivity contribution >= 4 is 23.2 Å². The minimum atomic E-state index is -0.563. The van der Waals surface area contributed by atoms with Gasteiger partial charge in [0.05, 0.1) is 6.04 Å². The molecule has 0 saturated carbocycles. The highest BCUT2D eigenvalue weighted by Gasteiger charge is 2.37. The van der Waals surface area contributed by atoms with E-state index in [1.54, 1.807) is 11.4 Å². The number of thiazole rings is 1. The zero-order chi connectivity index (χ0) is 26.2. The maximum atomic E-state index is 14.2. The van der Waals surface area contributed by atoms with Gasteiger partial charge < -0.3 is 14.5 Å². The number of carbonyl (C=O) groups excluding carboxylic acids is 2. The second kappa shape index (κ2) is 10.2. The molecule has 1 atom stereocenters. The molecule has 2 aliphatic heterocycles. The molecule has 194 valence electrons. The maximum absolute atomic E-state index is 14.2. The van der Waals surface area contributed by atoms with Crippen molar-refractivity contribution in [3.63, 3.8) is 0 Å². The van der Waals surface area contributed by atoms with E-state index in [-0.39, 0.29) is 24.2 Å². The highest BCUT2D eigenvalue weighted by atomic mass is 32.1. The Morgan fingerprint density at radius 1 is 1.11 bits per heavy atom. The third-order valence-electron chi connectivity index (χ3n) is 6.94. The summed E-state index contributed by atoms with van der Waals surface area (Å²) in [6, 6.07) is 12.0. The first-order chi connectivity index (χ1) is 17.7. The van der Waals surface area contributed by atoms with E-state index in [9.17, 15) is 14.0 Å². The first-order valence-corrected chi connectivity index (χ1v) is 13.6. The Hall–Kier alpha value is -3.26. The first kappa shape index (κ1) is 25.4. The van der Waals surface area contributed by atoms with E-state index in [0.717, 1.165) is 54.0 Å². The molecule has 0 unspecified atom stereocenters. The predicted octanol–water partition coefficient (Wildman–Crippen LogP) is 5.62. The summed E-state index contributed by atoms with van der Waals surface area (Å²) < 4.78 is 20.3. The number of aromatic nitrogens is 1. The summed E-state index contributed by atoms with van der Waals surface area (Å²) in [4.78, 5) is 34.2. The number of nitrogens with zero attached hydrogens (tertiary/aromatic N) is 3. The number of hydrogen-bond donors (Lipinski definition) is 0. The van der Waals surface area contributed by atoms with Crippen LogP contribution in [0.4, 0.5) is 4.39 Å². The van der Waals surface area contributed by atoms with Gasteiger partial charge in [0, 0.05) is 30.4 Å². The molecule has 0 spiro atoms. The zero-order valence-corrected chi connectivity index (χ0v) is 22.3. The van der Waals surface area contributed by atoms with Gasteiger partial charge in [-0.3, -0.25) is 9.59 Å². The molecular weight excluding hydrogens is 489 g/mol. The number of amides is 2. The minimum Gasteiger partial charge on any atom is -0.486 e. The van der Waals surface area contributed by atoms with Crippen LogP contribution in [0.3, 0.4) is 0 Å². The average Bonchev–Trinajstić information content (AvgIpc) is 3.58. The Kier molecular flexibility index (Phi) is 7.03. The maximum Gasteiger partial charge on any atom is 0.273 e. The fraction of sp³-hybridized carbons (Fsp3) is 0.414. The second-order valence-corrected chi connectivity index (χ2v) is 11.7. The van der Waals surface area contributed by atoms with Gasteiger partial charge in [0.15, 0.2) is 0 Å². The highest BCUT2D eigenvalue weighted by molar-refractivity contribution is 7.09. The molecule has 37 heavy (non-hydrogen) atoms. The lowest BCUT2D eigenvalue weighted by atomic mass is 9.85. The number of likely N-dealkylation sites (tertiary alicyclic amines) is 1. The van der Waals surface area contributed by atoms with Crippen molar-refractivity contribution < 1.29 is 18.7 Å². The number of carbonyl (C=O) groups is 2. The Bertz CT molecular complexity index is 1310. The van der Waals surface area contributed by atoms with Crippen LogP contribution in [0, 0.1) is 11.2 Å². The fourth-order valence-electron chi connectivity index (χ4n) is 5.07. The third-order valence-corrected chi connectivity index (χ3v) is 7.76. The van der Waals surface area contributed by atoms with E-state index < -0.39 is 11.5 Å². The molecule has 1 aromatic heterocycles. The lowest BCUT2D eigenvalue weighted by Crippen LogP contribution is -2.45. The van der Waals surface area contributed by atoms with Crippen molar-refractivity contribution in [3.8, 4) is 5.75 Å². The molecule has 2 aromatic carbocycles. The molecule has 1 fully saturated rings. The van der Waals surface area contributed by atoms with Gasteiger partial charge in [-0.25, -0.2) is 9.37 Å². The molecule has 3 heterocycles. The van der Waals surface area contributed by atoms with Crippen LogP contribution in [-0.2, 0) is 17.8 Å². The molecule has 2 amide bonds. The van der Waals surface area contributed by atoms with Crippen molar-refractivity contribution in [2.45, 2.75) is 52.7 Å². The third kappa shape index (κ3) is 5.39. The Morgan fingerprint density at radius 3 is 2.62 bits per heavy atom. The molecule has 6 nitrogen and oxygen atoms in total. The van der Waals surface area contributed by atoms with Crippen LogP contribution < -0.4 is 4.74 Å². The van der Waals surface area contributed by atoms with Gasteiger partial charge >= 0.3 is 0 Å². The number of ether oxygens (including phenoxy) is 1. The van der Waals surface area contributed by atoms with Crippen molar-refractivity contribution in [3.05, 3.63) is 81.1 Å². The van der Waals surface area contributed by atoms with Crippen molar-refractivity contribution in [2.24, 2.45) is 5.41 Å². The average molecular weight is 522 g/mol. The lowest BCUT2D eigenvalue weighted by molar-refractivity contribution is -0.141. The number of hydrogen-bond acceptors (Lipinski definition) is 5. The minimum absolute atomic E-state index is 0.0182. The summed E-state index contributed by atoms with van der Waals surface area (Å²) in [7, 11) is 0. The van der Waals surface area contributed by atoms with Crippen molar-refractivity contribution in [1.82, 2.24) is 14.8 Å². The summed E-state index contributed by atoms with van der Waals surface area (Å²) in [5.41, 5.74) is 2.70. The molecule has 0 bridgehead atoms. The molecule has 8 heteroatoms. The summed E-state index contributed by atoms with van der Waals surface area (Å²) in [5, 5.41) is 2.52. The monoisotopic (exact) mass is 521 g/mol. The first-order valence-electron chi connectivity index (χ1n) is 12.8. The van der Waals surface area contributed by atoms with Gasteiger partial charge in [0.1, 0.15) is 28.9 Å². The predicted molar refractivity (Wildman–Crippen MR) is 141 cm³/mol. The molecular formula is C29H32FN3O3S. The second-order valence-electron chi connectivity index (χ2n) is 10.7. The number of fused-ring (bicyclic) bond motifs is 1. The molecule has 1 saturated heterocycles. The molecule has 3 aromatic rings. The summed E-state index contributed by atoms with van der Waals surface area (Å²) in [5.74, 6) is 0.322. The standard InChI is InChI=1S/C29H32FN3O3S/c1-29(2,3)28(35)33-14-11-19-9-10-22(16-23(19)26(33)20-7-6-8-21(30)15-20)36-17-25-31-24(18-37-25)27(34)32-12-4-5-13-32/h6-10,15-16,18,26H,4-5,11-14,17H2,1-3H3/t26-/m1/s1. The van der Waals surface area contributed by atoms with Gasteiger partial charge in [-0.15, -0.1) is 11.3 Å². The number of benzene rings is 2. The van der Waals surface area contributed by atoms with Crippen molar-refractivity contribution in [2.75, 3.05) is 19.6 Å². The Morgan fingerprint density at radius 2 is 1.89 bits per heavy atom. The summed E-state index contributed by atoms with van der Waals surface area (Å²) in [6.07, 6.45) is 2.80. The van der Waals surface area contributed by atoms with Crippen LogP contribution in [0.15, 0.2) is 47.8 Å². The van der Waals surface area contributed by atoms with Gasteiger partial charge in [-0.1, -0.05) is 39.0 Å². The van der Waals surface area contributed by atoms with Gasteiger partial charge in [0.25, 0.3) is 5.91 Å². The van der Waals surface area contributed by atoms with E-state index in [2.05, 4.69) is 4.98 Å². The van der Waals surface area contributed by atoms with E-state index in [1.165, 1.54) is 23.5 Å². The van der Waals surface area contributed by atoms with E-state index in [4.69, 9.17) is 4.74 Å². The largest absolute Gasteiger partial charge is 0.486 e. The van der Waals surface area contributed by atoms with Gasteiger partial charge in [0.2, 0.25) is 5.91 Å². The fourth-order valence-corrected chi connectivity index (χ4v) is 5.75. The topological polar surface area (TPSA) is 62.7 Å². The SMILES string of the molecule is CC(C)(C)C(=O)N1CCc2ccc(OCc3nc(C(=O)N4CCCC4)cs3)cc2[C@H]1c1cccc(F)c1. The lowest BCUT2D eigenvalue weighted by Gasteiger charge is -2.41. The molecule has 0 aliphatic carbocycles. The highest BCUT2D eigenvalue weighted by Crippen LogP contribution is 2.39. The van der Waals surface area contributed by atoms with Crippen molar-refractivity contribution in [1.29, 1.82) is 0 Å². The quantitative estimate of drug-likeness (QED) is 0.437. The van der Waals surface area contributed by atoms with Gasteiger partial charge in [-0.05, 0) is 60.2 Å². The number of halogens is 1. The summed E-state index contributed by atoms with van der Waals surface area (Å²) in [6.45, 7) is 8.11. The zero-order valence-electron chi connectivity index (χ0n) is 21.5. The number of rotatable bonds is 5. The van der Waals surface area contributed by atoms with Crippen LogP contribution in [0.5, 0.6) is 5.75 Å². The van der Waals surface area contributed by atoms with Crippen LogP contribution in [0.25, 0.3) is 0 Å².